The summed E-state index contributed by atoms with van der Waals surface area (Å²) in [6.45, 7) is 4.66. The number of hydrogen-bond donors (Lipinski definition) is 4. The van der Waals surface area contributed by atoms with Crippen molar-refractivity contribution in [1.82, 2.24) is 4.57 Å². The van der Waals surface area contributed by atoms with Gasteiger partial charge >= 0.3 is 43.7 Å². The molecule has 0 radical (unpaired) electrons. The van der Waals surface area contributed by atoms with Crippen molar-refractivity contribution in [3.8, 4) is 11.1 Å². The van der Waals surface area contributed by atoms with Crippen molar-refractivity contribution in [3.05, 3.63) is 77.6 Å². The van der Waals surface area contributed by atoms with Gasteiger partial charge in [-0.1, -0.05) is 81.6 Å². The summed E-state index contributed by atoms with van der Waals surface area (Å²) in [6.07, 6.45) is 3.54. The number of aliphatic hydroxyl groups excluding tert-OH is 2. The Morgan fingerprint density at radius 2 is 1.56 bits per heavy atom. The van der Waals surface area contributed by atoms with Crippen LogP contribution in [-0.2, 0) is 11.3 Å². The van der Waals surface area contributed by atoms with E-state index in [1.165, 1.54) is 6.42 Å². The molecule has 4 rings (SSSR count). The van der Waals surface area contributed by atoms with Crippen LogP contribution >= 0.6 is 0 Å². The molecular formula is C33H44CaN2O5. The molecule has 0 aliphatic heterocycles. The number of aliphatic hydroxyl groups is 2. The van der Waals surface area contributed by atoms with Gasteiger partial charge in [0.15, 0.2) is 0 Å². The van der Waals surface area contributed by atoms with E-state index in [0.29, 0.717) is 18.5 Å². The third kappa shape index (κ3) is 8.68. The van der Waals surface area contributed by atoms with Crippen LogP contribution in [0, 0.1) is 0 Å². The van der Waals surface area contributed by atoms with Crippen LogP contribution < -0.4 is 5.32 Å². The molecule has 1 amide bonds. The van der Waals surface area contributed by atoms with Gasteiger partial charge in [0.25, 0.3) is 5.91 Å². The Morgan fingerprint density at radius 1 is 0.951 bits per heavy atom. The molecule has 0 unspecified atom stereocenters. The first-order valence-corrected chi connectivity index (χ1v) is 14.5. The first kappa shape index (κ1) is 33.3. The molecule has 1 aliphatic rings. The maximum absolute atomic E-state index is 14.1. The van der Waals surface area contributed by atoms with E-state index in [0.717, 1.165) is 53.9 Å². The Hall–Kier alpha value is -2.16. The van der Waals surface area contributed by atoms with Crippen molar-refractivity contribution in [3.63, 3.8) is 0 Å². The molecule has 0 spiro atoms. The number of amides is 1. The molecule has 3 aromatic rings. The molecule has 1 saturated carbocycles. The summed E-state index contributed by atoms with van der Waals surface area (Å²) < 4.78 is 2.26. The quantitative estimate of drug-likeness (QED) is 0.183. The number of benzene rings is 2. The summed E-state index contributed by atoms with van der Waals surface area (Å²) in [6, 6.07) is 19.6. The minimum absolute atomic E-state index is 0. The van der Waals surface area contributed by atoms with Crippen molar-refractivity contribution in [2.45, 2.75) is 95.8 Å². The molecule has 0 saturated heterocycles. The van der Waals surface area contributed by atoms with Crippen molar-refractivity contribution in [2.24, 2.45) is 0 Å². The van der Waals surface area contributed by atoms with E-state index < -0.39 is 24.6 Å². The van der Waals surface area contributed by atoms with E-state index in [1.54, 1.807) is 0 Å². The second-order valence-electron chi connectivity index (χ2n) is 11.3. The van der Waals surface area contributed by atoms with E-state index >= 15 is 0 Å². The molecule has 7 nitrogen and oxygen atoms in total. The number of carboxylic acids is 1. The molecule has 8 heteroatoms. The Kier molecular flexibility index (Phi) is 12.9. The summed E-state index contributed by atoms with van der Waals surface area (Å²) in [7, 11) is 0. The summed E-state index contributed by atoms with van der Waals surface area (Å²) in [4.78, 5) is 25.1. The SMILES string of the molecule is CC(C)c1c(C(=O)Nc2ccccc2)c(-c2ccccc2)c(C2CCCCC2)n1CC[C@@H](O)C[C@@H](O)CC(=O)O.[Ca+2].[H-].[H-]. The van der Waals surface area contributed by atoms with Gasteiger partial charge in [0, 0.05) is 29.2 Å². The number of carbonyl (C=O) groups is 2. The fraction of sp³-hybridized carbons (Fsp3) is 0.455. The standard InChI is InChI=1S/C33H42N2O5.Ca.2H/c1-22(2)31-30(33(40)34-25-16-10-5-11-17-25)29(23-12-6-3-7-13-23)32(24-14-8-4-9-15-24)35(31)19-18-26(36)20-27(37)21-28(38)39;;;/h3,5-7,10-13,16-17,22,24,26-27,36-37H,4,8-9,14-15,18-21H2,1-2H3,(H,34,40)(H,38,39);;;/q;+2;2*-1/t26-,27-;;;/m1.../s1. The Morgan fingerprint density at radius 3 is 2.15 bits per heavy atom. The zero-order valence-corrected chi connectivity index (χ0v) is 26.5. The van der Waals surface area contributed by atoms with Crippen LogP contribution in [0.3, 0.4) is 0 Å². The molecular weight excluding hydrogens is 544 g/mol. The molecule has 1 heterocycles. The number of nitrogens with zero attached hydrogens (tertiary/aromatic N) is 1. The van der Waals surface area contributed by atoms with Gasteiger partial charge in [-0.2, -0.15) is 0 Å². The van der Waals surface area contributed by atoms with Gasteiger partial charge in [-0.3, -0.25) is 9.59 Å². The van der Waals surface area contributed by atoms with Crippen LogP contribution in [0.25, 0.3) is 11.1 Å². The van der Waals surface area contributed by atoms with Gasteiger partial charge in [0.05, 0.1) is 24.2 Å². The first-order chi connectivity index (χ1) is 19.3. The number of hydrogen-bond acceptors (Lipinski definition) is 4. The fourth-order valence-electron chi connectivity index (χ4n) is 6.13. The Balaban J connectivity index is 0.00000308. The van der Waals surface area contributed by atoms with E-state index in [1.807, 2.05) is 48.5 Å². The summed E-state index contributed by atoms with van der Waals surface area (Å²) in [5.41, 5.74) is 5.45. The molecule has 2 aromatic carbocycles. The third-order valence-electron chi connectivity index (χ3n) is 7.84. The summed E-state index contributed by atoms with van der Waals surface area (Å²) >= 11 is 0. The number of aliphatic carboxylic acids is 1. The Bertz CT molecular complexity index is 1280. The molecule has 0 bridgehead atoms. The van der Waals surface area contributed by atoms with Crippen LogP contribution in [-0.4, -0.2) is 81.7 Å². The number of nitrogens with one attached hydrogen (secondary N) is 1. The predicted octanol–water partition coefficient (Wildman–Crippen LogP) is 6.40. The molecule has 1 fully saturated rings. The number of carboxylic acid groups (broad SMARTS) is 1. The Labute approximate surface area is 276 Å². The topological polar surface area (TPSA) is 112 Å². The third-order valence-corrected chi connectivity index (χ3v) is 7.84. The fourth-order valence-corrected chi connectivity index (χ4v) is 6.13. The number of aromatic nitrogens is 1. The van der Waals surface area contributed by atoms with Crippen LogP contribution in [0.2, 0.25) is 0 Å². The van der Waals surface area contributed by atoms with Gasteiger partial charge in [0.1, 0.15) is 0 Å². The first-order valence-electron chi connectivity index (χ1n) is 14.5. The van der Waals surface area contributed by atoms with Crippen LogP contribution in [0.1, 0.15) is 102 Å². The molecule has 1 aliphatic carbocycles. The summed E-state index contributed by atoms with van der Waals surface area (Å²) in [5.74, 6) is -0.920. The second kappa shape index (κ2) is 15.9. The number of carbonyl (C=O) groups excluding carboxylic acids is 1. The van der Waals surface area contributed by atoms with Crippen LogP contribution in [0.15, 0.2) is 60.7 Å². The molecule has 2 atom stereocenters. The molecule has 41 heavy (non-hydrogen) atoms. The van der Waals surface area contributed by atoms with E-state index in [2.05, 4.69) is 35.9 Å². The average Bonchev–Trinajstić information content (AvgIpc) is 3.28. The normalized spacial score (nSPS) is 15.2. The molecule has 4 N–H and O–H groups in total. The maximum atomic E-state index is 14.1. The molecule has 1 aromatic heterocycles. The maximum Gasteiger partial charge on any atom is 2.00 e. The minimum Gasteiger partial charge on any atom is -1.00 e. The van der Waals surface area contributed by atoms with Gasteiger partial charge in [-0.25, -0.2) is 0 Å². The number of rotatable bonds is 12. The second-order valence-corrected chi connectivity index (χ2v) is 11.3. The monoisotopic (exact) mass is 588 g/mol. The minimum atomic E-state index is -1.10. The van der Waals surface area contributed by atoms with Crippen molar-refractivity contribution < 1.29 is 27.8 Å². The zero-order chi connectivity index (χ0) is 28.6. The average molecular weight is 589 g/mol. The number of anilines is 1. The van der Waals surface area contributed by atoms with Gasteiger partial charge < -0.3 is 28.1 Å². The van der Waals surface area contributed by atoms with E-state index in [4.69, 9.17) is 5.11 Å². The van der Waals surface area contributed by atoms with Gasteiger partial charge in [-0.15, -0.1) is 0 Å². The van der Waals surface area contributed by atoms with Crippen molar-refractivity contribution >= 4 is 55.3 Å². The van der Waals surface area contributed by atoms with Crippen molar-refractivity contribution in [1.29, 1.82) is 0 Å². The van der Waals surface area contributed by atoms with Crippen molar-refractivity contribution in [2.75, 3.05) is 5.32 Å². The van der Waals surface area contributed by atoms with Gasteiger partial charge in [0.2, 0.25) is 0 Å². The zero-order valence-electron chi connectivity index (χ0n) is 26.3. The van der Waals surface area contributed by atoms with Crippen LogP contribution in [0.5, 0.6) is 0 Å². The smallest absolute Gasteiger partial charge is 1.00 e. The summed E-state index contributed by atoms with van der Waals surface area (Å²) in [5, 5.41) is 33.0. The predicted molar refractivity (Wildman–Crippen MR) is 166 cm³/mol. The van der Waals surface area contributed by atoms with Gasteiger partial charge in [-0.05, 0) is 55.2 Å². The largest absolute Gasteiger partial charge is 2.00 e. The van der Waals surface area contributed by atoms with E-state index in [9.17, 15) is 19.8 Å². The van der Waals surface area contributed by atoms with E-state index in [-0.39, 0.29) is 64.8 Å². The number of para-hydroxylation sites is 1. The van der Waals surface area contributed by atoms with Crippen LogP contribution in [0.4, 0.5) is 5.69 Å². The molecule has 218 valence electrons.